The third-order valence-corrected chi connectivity index (χ3v) is 9.98. The largest absolute Gasteiger partial charge is 0.496 e. The molecule has 0 saturated heterocycles. The van der Waals surface area contributed by atoms with E-state index in [1.54, 1.807) is 46.5 Å². The Hall–Kier alpha value is -7.16. The van der Waals surface area contributed by atoms with Crippen molar-refractivity contribution >= 4 is 34.8 Å². The second kappa shape index (κ2) is 20.0. The zero-order valence-electron chi connectivity index (χ0n) is 34.4. The van der Waals surface area contributed by atoms with Crippen molar-refractivity contribution in [2.45, 2.75) is 45.8 Å². The van der Waals surface area contributed by atoms with Crippen LogP contribution in [0.15, 0.2) is 97.3 Å². The Morgan fingerprint density at radius 1 is 0.667 bits per heavy atom. The zero-order chi connectivity index (χ0) is 42.6. The molecule has 60 heavy (non-hydrogen) atoms. The van der Waals surface area contributed by atoms with Crippen molar-refractivity contribution in [1.82, 2.24) is 40.4 Å². The lowest BCUT2D eigenvalue weighted by Gasteiger charge is -2.27. The second-order valence-corrected chi connectivity index (χ2v) is 14.1. The topological polar surface area (TPSA) is 184 Å². The minimum Gasteiger partial charge on any atom is -0.496 e. The van der Waals surface area contributed by atoms with E-state index in [1.165, 1.54) is 21.3 Å². The fourth-order valence-electron chi connectivity index (χ4n) is 6.94. The van der Waals surface area contributed by atoms with Crippen molar-refractivity contribution in [2.24, 2.45) is 0 Å². The number of hydrogen-bond acceptors (Lipinski definition) is 9. The van der Waals surface area contributed by atoms with E-state index in [4.69, 9.17) is 9.47 Å². The smallest absolute Gasteiger partial charge is 0.407 e. The monoisotopic (exact) mass is 814 g/mol. The summed E-state index contributed by atoms with van der Waals surface area (Å²) in [4.78, 5) is 69.7. The summed E-state index contributed by atoms with van der Waals surface area (Å²) in [5.74, 6) is 1.18. The van der Waals surface area contributed by atoms with Crippen LogP contribution in [0.2, 0.25) is 0 Å². The van der Waals surface area contributed by atoms with Crippen LogP contribution in [0, 0.1) is 0 Å². The molecule has 15 heteroatoms. The number of aromatic amines is 2. The number of para-hydroxylation sites is 1. The highest BCUT2D eigenvalue weighted by Gasteiger charge is 2.30. The molecule has 15 nitrogen and oxygen atoms in total. The van der Waals surface area contributed by atoms with E-state index in [1.807, 2.05) is 32.0 Å². The predicted molar refractivity (Wildman–Crippen MR) is 228 cm³/mol. The summed E-state index contributed by atoms with van der Waals surface area (Å²) >= 11 is 0. The Morgan fingerprint density at radius 2 is 1.22 bits per heavy atom. The predicted octanol–water partition coefficient (Wildman–Crippen LogP) is 7.23. The number of benzene rings is 4. The number of aromatic nitrogens is 4. The van der Waals surface area contributed by atoms with Crippen LogP contribution in [0.3, 0.4) is 0 Å². The fourth-order valence-corrected chi connectivity index (χ4v) is 6.94. The van der Waals surface area contributed by atoms with Crippen molar-refractivity contribution in [2.75, 3.05) is 41.0 Å². The summed E-state index contributed by atoms with van der Waals surface area (Å²) in [6.07, 6.45) is 3.60. The van der Waals surface area contributed by atoms with Gasteiger partial charge < -0.3 is 44.6 Å². The molecule has 4 aromatic carbocycles. The van der Waals surface area contributed by atoms with Gasteiger partial charge in [0.15, 0.2) is 0 Å². The standard InChI is InChI=1S/C45H50N8O7/c1-6-20-52(41(54)26-48-44(56)59-4)27-39-47-25-37(50-39)34-19-18-32-22-31(16-17-33(32)23-34)29-12-14-30(15-13-29)36-24-46-40(49-36)28-53(21-7-2)43(55)42(51-45(57)60-5)35-10-8-9-11-38(35)58-3/h8-19,22-25,42H,6-7,20-21,26-28H2,1-5H3,(H,46,49)(H,47,50)(H,48,56)(H,51,57)/t42-/m1/s1. The van der Waals surface area contributed by atoms with E-state index >= 15 is 0 Å². The van der Waals surface area contributed by atoms with Gasteiger partial charge >= 0.3 is 12.2 Å². The molecule has 0 spiro atoms. The van der Waals surface area contributed by atoms with E-state index in [9.17, 15) is 19.2 Å². The van der Waals surface area contributed by atoms with Crippen LogP contribution in [-0.4, -0.2) is 94.7 Å². The van der Waals surface area contributed by atoms with Crippen LogP contribution in [0.25, 0.3) is 44.4 Å². The SMILES string of the molecule is CCCN(Cc1ncc(-c2ccc3cc(-c4ccc(-c5cnc(CN(CCC)C(=O)[C@H](NC(=O)OC)c6ccccc6OC)[nH]5)cc4)ccc3c2)[nH]1)C(=O)CNC(=O)OC. The lowest BCUT2D eigenvalue weighted by molar-refractivity contribution is -0.134. The third-order valence-electron chi connectivity index (χ3n) is 9.98. The number of methoxy groups -OCH3 is 3. The van der Waals surface area contributed by atoms with Crippen LogP contribution in [0.5, 0.6) is 5.75 Å². The molecule has 312 valence electrons. The Balaban J connectivity index is 1.12. The van der Waals surface area contributed by atoms with E-state index < -0.39 is 18.2 Å². The van der Waals surface area contributed by atoms with Gasteiger partial charge in [0.25, 0.3) is 0 Å². The van der Waals surface area contributed by atoms with Gasteiger partial charge in [0.05, 0.1) is 58.2 Å². The number of carbonyl (C=O) groups excluding carboxylic acids is 4. The van der Waals surface area contributed by atoms with Crippen molar-refractivity contribution in [3.63, 3.8) is 0 Å². The highest BCUT2D eigenvalue weighted by atomic mass is 16.5. The third kappa shape index (κ3) is 10.3. The van der Waals surface area contributed by atoms with Crippen LogP contribution in [0.4, 0.5) is 9.59 Å². The molecule has 4 amide bonds. The first-order valence-corrected chi connectivity index (χ1v) is 19.7. The highest BCUT2D eigenvalue weighted by Crippen LogP contribution is 2.31. The number of amides is 4. The molecule has 2 heterocycles. The molecule has 1 atom stereocenters. The molecule has 0 aliphatic carbocycles. The minimum atomic E-state index is -1.03. The number of nitrogens with one attached hydrogen (secondary N) is 4. The number of nitrogens with zero attached hydrogens (tertiary/aromatic N) is 4. The number of rotatable bonds is 17. The van der Waals surface area contributed by atoms with Gasteiger partial charge in [-0.25, -0.2) is 19.6 Å². The number of carbonyl (C=O) groups is 4. The highest BCUT2D eigenvalue weighted by molar-refractivity contribution is 5.91. The summed E-state index contributed by atoms with van der Waals surface area (Å²) in [5.41, 5.74) is 6.19. The molecule has 0 aliphatic rings. The van der Waals surface area contributed by atoms with Crippen molar-refractivity contribution < 1.29 is 33.4 Å². The first-order valence-electron chi connectivity index (χ1n) is 19.7. The maximum absolute atomic E-state index is 14.0. The summed E-state index contributed by atoms with van der Waals surface area (Å²) in [6, 6.07) is 26.8. The molecule has 0 bridgehead atoms. The number of ether oxygens (including phenoxy) is 3. The first kappa shape index (κ1) is 42.4. The molecule has 2 aromatic heterocycles. The molecule has 6 aromatic rings. The van der Waals surface area contributed by atoms with E-state index in [-0.39, 0.29) is 31.4 Å². The summed E-state index contributed by atoms with van der Waals surface area (Å²) in [7, 11) is 4.03. The van der Waals surface area contributed by atoms with E-state index in [2.05, 4.69) is 77.8 Å². The van der Waals surface area contributed by atoms with Gasteiger partial charge in [-0.15, -0.1) is 0 Å². The first-order chi connectivity index (χ1) is 29.1. The molecule has 4 N–H and O–H groups in total. The Labute approximate surface area is 348 Å². The maximum Gasteiger partial charge on any atom is 0.407 e. The molecule has 0 radical (unpaired) electrons. The zero-order valence-corrected chi connectivity index (χ0v) is 34.4. The van der Waals surface area contributed by atoms with Crippen LogP contribution >= 0.6 is 0 Å². The fraction of sp³-hybridized carbons (Fsp3) is 0.289. The van der Waals surface area contributed by atoms with Crippen molar-refractivity contribution in [3.05, 3.63) is 115 Å². The Bertz CT molecular complexity index is 2430. The van der Waals surface area contributed by atoms with Gasteiger partial charge in [-0.1, -0.05) is 80.6 Å². The Kier molecular flexibility index (Phi) is 14.2. The molecule has 0 fully saturated rings. The summed E-state index contributed by atoms with van der Waals surface area (Å²) in [5, 5.41) is 7.27. The van der Waals surface area contributed by atoms with Gasteiger partial charge in [-0.2, -0.15) is 0 Å². The average molecular weight is 815 g/mol. The van der Waals surface area contributed by atoms with Crippen molar-refractivity contribution in [1.29, 1.82) is 0 Å². The lowest BCUT2D eigenvalue weighted by Crippen LogP contribution is -2.43. The number of fused-ring (bicyclic) bond motifs is 1. The van der Waals surface area contributed by atoms with Gasteiger partial charge in [-0.3, -0.25) is 9.59 Å². The lowest BCUT2D eigenvalue weighted by atomic mass is 9.98. The van der Waals surface area contributed by atoms with Gasteiger partial charge in [0.2, 0.25) is 11.8 Å². The number of alkyl carbamates (subject to hydrolysis) is 2. The molecule has 0 saturated carbocycles. The van der Waals surface area contributed by atoms with Crippen LogP contribution in [0.1, 0.15) is 49.9 Å². The molecule has 0 unspecified atom stereocenters. The molecular formula is C45H50N8O7. The van der Waals surface area contributed by atoms with Crippen LogP contribution in [-0.2, 0) is 32.2 Å². The van der Waals surface area contributed by atoms with Crippen LogP contribution < -0.4 is 15.4 Å². The molecular weight excluding hydrogens is 765 g/mol. The number of hydrogen-bond donors (Lipinski definition) is 4. The normalized spacial score (nSPS) is 11.4. The number of H-pyrrole nitrogens is 2. The van der Waals surface area contributed by atoms with Gasteiger partial charge in [-0.05, 0) is 58.5 Å². The van der Waals surface area contributed by atoms with Crippen molar-refractivity contribution in [3.8, 4) is 39.4 Å². The van der Waals surface area contributed by atoms with Gasteiger partial charge in [0, 0.05) is 24.2 Å². The van der Waals surface area contributed by atoms with E-state index in [0.29, 0.717) is 42.5 Å². The molecule has 0 aliphatic heterocycles. The molecule has 6 rings (SSSR count). The maximum atomic E-state index is 14.0. The minimum absolute atomic E-state index is 0.154. The van der Waals surface area contributed by atoms with Gasteiger partial charge in [0.1, 0.15) is 30.0 Å². The second-order valence-electron chi connectivity index (χ2n) is 14.1. The summed E-state index contributed by atoms with van der Waals surface area (Å²) < 4.78 is 14.9. The quantitative estimate of drug-likeness (QED) is 0.0738. The Morgan fingerprint density at radius 3 is 1.85 bits per heavy atom. The van der Waals surface area contributed by atoms with E-state index in [0.717, 1.165) is 50.8 Å². The summed E-state index contributed by atoms with van der Waals surface area (Å²) in [6.45, 7) is 5.27. The number of imidazole rings is 2. The average Bonchev–Trinajstić information content (AvgIpc) is 3.96.